The lowest BCUT2D eigenvalue weighted by Gasteiger charge is -2.22. The molecule has 3 rings (SSSR count). The number of rotatable bonds is 3. The number of hydrogen-bond acceptors (Lipinski definition) is 2. The van der Waals surface area contributed by atoms with Crippen molar-refractivity contribution in [1.82, 2.24) is 19.8 Å². The van der Waals surface area contributed by atoms with E-state index >= 15 is 0 Å². The summed E-state index contributed by atoms with van der Waals surface area (Å²) in [6.45, 7) is 0.456. The standard InChI is InChI=1S/C17H24N4O2/c1-20-14-9-8-12(10-15(14)21(2)17(20)23)11-18-16(22)19-13-6-4-3-5-7-13/h8-10,13H,3-7,11H2,1-2H3,(H2,18,19,22). The number of carbonyl (C=O) groups is 1. The number of aromatic nitrogens is 2. The van der Waals surface area contributed by atoms with E-state index in [2.05, 4.69) is 10.6 Å². The van der Waals surface area contributed by atoms with Crippen molar-refractivity contribution in [3.63, 3.8) is 0 Å². The Morgan fingerprint density at radius 3 is 2.57 bits per heavy atom. The van der Waals surface area contributed by atoms with Crippen LogP contribution in [0.3, 0.4) is 0 Å². The Kier molecular flexibility index (Phi) is 4.41. The molecule has 6 heteroatoms. The van der Waals surface area contributed by atoms with Crippen molar-refractivity contribution >= 4 is 17.1 Å². The fraction of sp³-hybridized carbons (Fsp3) is 0.529. The van der Waals surface area contributed by atoms with Crippen molar-refractivity contribution in [3.8, 4) is 0 Å². The number of urea groups is 1. The fourth-order valence-corrected chi connectivity index (χ4v) is 3.33. The number of aryl methyl sites for hydroxylation is 2. The molecule has 1 aliphatic carbocycles. The molecule has 1 heterocycles. The molecule has 2 aromatic rings. The van der Waals surface area contributed by atoms with Crippen molar-refractivity contribution < 1.29 is 4.79 Å². The van der Waals surface area contributed by atoms with Gasteiger partial charge in [0.15, 0.2) is 0 Å². The lowest BCUT2D eigenvalue weighted by Crippen LogP contribution is -2.42. The van der Waals surface area contributed by atoms with Crippen LogP contribution in [-0.4, -0.2) is 21.2 Å². The van der Waals surface area contributed by atoms with E-state index in [0.29, 0.717) is 12.6 Å². The summed E-state index contributed by atoms with van der Waals surface area (Å²) >= 11 is 0. The highest BCUT2D eigenvalue weighted by Gasteiger charge is 2.15. The summed E-state index contributed by atoms with van der Waals surface area (Å²) in [4.78, 5) is 23.9. The van der Waals surface area contributed by atoms with Crippen molar-refractivity contribution in [2.24, 2.45) is 14.1 Å². The molecule has 0 atom stereocenters. The molecule has 0 radical (unpaired) electrons. The molecule has 1 fully saturated rings. The van der Waals surface area contributed by atoms with Gasteiger partial charge < -0.3 is 10.6 Å². The second-order valence-corrected chi connectivity index (χ2v) is 6.39. The Labute approximate surface area is 135 Å². The van der Waals surface area contributed by atoms with Gasteiger partial charge in [-0.1, -0.05) is 25.3 Å². The van der Waals surface area contributed by atoms with E-state index in [4.69, 9.17) is 0 Å². The molecule has 1 aromatic heterocycles. The number of imidazole rings is 1. The minimum absolute atomic E-state index is 0.0415. The number of carbonyl (C=O) groups excluding carboxylic acids is 1. The zero-order chi connectivity index (χ0) is 16.4. The third-order valence-corrected chi connectivity index (χ3v) is 4.73. The second-order valence-electron chi connectivity index (χ2n) is 6.39. The van der Waals surface area contributed by atoms with E-state index in [0.717, 1.165) is 29.4 Å². The number of nitrogens with one attached hydrogen (secondary N) is 2. The van der Waals surface area contributed by atoms with Gasteiger partial charge in [0, 0.05) is 26.7 Å². The zero-order valence-electron chi connectivity index (χ0n) is 13.8. The fourth-order valence-electron chi connectivity index (χ4n) is 3.33. The summed E-state index contributed by atoms with van der Waals surface area (Å²) in [7, 11) is 3.53. The van der Waals surface area contributed by atoms with Crippen LogP contribution in [0.4, 0.5) is 4.79 Å². The highest BCUT2D eigenvalue weighted by atomic mass is 16.2. The molecule has 0 bridgehead atoms. The zero-order valence-corrected chi connectivity index (χ0v) is 13.8. The molecule has 1 aromatic carbocycles. The van der Waals surface area contributed by atoms with E-state index < -0.39 is 0 Å². The van der Waals surface area contributed by atoms with Crippen LogP contribution in [0.15, 0.2) is 23.0 Å². The number of hydrogen-bond donors (Lipinski definition) is 2. The molecule has 2 N–H and O–H groups in total. The van der Waals surface area contributed by atoms with Gasteiger partial charge >= 0.3 is 11.7 Å². The monoisotopic (exact) mass is 316 g/mol. The molecule has 23 heavy (non-hydrogen) atoms. The van der Waals surface area contributed by atoms with Crippen molar-refractivity contribution in [3.05, 3.63) is 34.2 Å². The Morgan fingerprint density at radius 1 is 1.13 bits per heavy atom. The maximum absolute atomic E-state index is 12.0. The van der Waals surface area contributed by atoms with E-state index in [-0.39, 0.29) is 11.7 Å². The van der Waals surface area contributed by atoms with Gasteiger partial charge in [-0.15, -0.1) is 0 Å². The first-order valence-electron chi connectivity index (χ1n) is 8.25. The highest BCUT2D eigenvalue weighted by Crippen LogP contribution is 2.17. The van der Waals surface area contributed by atoms with Gasteiger partial charge in [0.1, 0.15) is 0 Å². The Hall–Kier alpha value is -2.24. The van der Waals surface area contributed by atoms with Gasteiger partial charge in [-0.05, 0) is 30.5 Å². The first-order valence-corrected chi connectivity index (χ1v) is 8.25. The quantitative estimate of drug-likeness (QED) is 0.909. The minimum Gasteiger partial charge on any atom is -0.335 e. The summed E-state index contributed by atoms with van der Waals surface area (Å²) < 4.78 is 3.25. The molecular weight excluding hydrogens is 292 g/mol. The number of benzene rings is 1. The van der Waals surface area contributed by atoms with Crippen LogP contribution in [0.1, 0.15) is 37.7 Å². The predicted octanol–water partition coefficient (Wildman–Crippen LogP) is 2.01. The summed E-state index contributed by atoms with van der Waals surface area (Å²) in [6, 6.07) is 6.02. The van der Waals surface area contributed by atoms with Gasteiger partial charge in [0.05, 0.1) is 11.0 Å². The Balaban J connectivity index is 1.64. The summed E-state index contributed by atoms with van der Waals surface area (Å²) in [5.74, 6) is 0. The van der Waals surface area contributed by atoms with E-state index in [9.17, 15) is 9.59 Å². The van der Waals surface area contributed by atoms with Crippen LogP contribution in [0.2, 0.25) is 0 Å². The second kappa shape index (κ2) is 6.48. The van der Waals surface area contributed by atoms with Crippen LogP contribution < -0.4 is 16.3 Å². The third kappa shape index (κ3) is 3.25. The van der Waals surface area contributed by atoms with Gasteiger partial charge in [-0.2, -0.15) is 0 Å². The molecular formula is C17H24N4O2. The lowest BCUT2D eigenvalue weighted by atomic mass is 9.96. The molecule has 0 aliphatic heterocycles. The third-order valence-electron chi connectivity index (χ3n) is 4.73. The summed E-state index contributed by atoms with van der Waals surface area (Å²) in [6.07, 6.45) is 5.82. The van der Waals surface area contributed by atoms with Gasteiger partial charge in [-0.3, -0.25) is 9.13 Å². The molecule has 2 amide bonds. The van der Waals surface area contributed by atoms with Gasteiger partial charge in [-0.25, -0.2) is 9.59 Å². The molecule has 0 spiro atoms. The molecule has 6 nitrogen and oxygen atoms in total. The van der Waals surface area contributed by atoms with Crippen molar-refractivity contribution in [2.75, 3.05) is 0 Å². The molecule has 0 saturated heterocycles. The largest absolute Gasteiger partial charge is 0.335 e. The lowest BCUT2D eigenvalue weighted by molar-refractivity contribution is 0.232. The molecule has 1 saturated carbocycles. The summed E-state index contributed by atoms with van der Waals surface area (Å²) in [5, 5.41) is 5.95. The Morgan fingerprint density at radius 2 is 1.83 bits per heavy atom. The SMILES string of the molecule is Cn1c(=O)n(C)c2cc(CNC(=O)NC3CCCCC3)ccc21. The van der Waals surface area contributed by atoms with Crippen molar-refractivity contribution in [2.45, 2.75) is 44.7 Å². The average Bonchev–Trinajstić information content (AvgIpc) is 2.78. The van der Waals surface area contributed by atoms with E-state index in [1.807, 2.05) is 18.2 Å². The summed E-state index contributed by atoms with van der Waals surface area (Å²) in [5.41, 5.74) is 2.72. The first kappa shape index (κ1) is 15.6. The molecule has 124 valence electrons. The van der Waals surface area contributed by atoms with Crippen LogP contribution in [0.5, 0.6) is 0 Å². The van der Waals surface area contributed by atoms with Crippen LogP contribution in [-0.2, 0) is 20.6 Å². The number of fused-ring (bicyclic) bond motifs is 1. The van der Waals surface area contributed by atoms with Crippen LogP contribution in [0.25, 0.3) is 11.0 Å². The maximum Gasteiger partial charge on any atom is 0.328 e. The highest BCUT2D eigenvalue weighted by molar-refractivity contribution is 5.77. The normalized spacial score (nSPS) is 15.7. The first-order chi connectivity index (χ1) is 11.1. The number of nitrogens with zero attached hydrogens (tertiary/aromatic N) is 2. The van der Waals surface area contributed by atoms with Crippen LogP contribution in [0, 0.1) is 0 Å². The van der Waals surface area contributed by atoms with Gasteiger partial charge in [0.2, 0.25) is 0 Å². The van der Waals surface area contributed by atoms with E-state index in [1.165, 1.54) is 19.3 Å². The average molecular weight is 316 g/mol. The van der Waals surface area contributed by atoms with Crippen molar-refractivity contribution in [1.29, 1.82) is 0 Å². The number of amides is 2. The smallest absolute Gasteiger partial charge is 0.328 e. The minimum atomic E-state index is -0.112. The maximum atomic E-state index is 12.0. The van der Waals surface area contributed by atoms with E-state index in [1.54, 1.807) is 23.2 Å². The topological polar surface area (TPSA) is 68.1 Å². The molecule has 1 aliphatic rings. The van der Waals surface area contributed by atoms with Crippen LogP contribution >= 0.6 is 0 Å². The predicted molar refractivity (Wildman–Crippen MR) is 90.4 cm³/mol. The molecule has 0 unspecified atom stereocenters. The van der Waals surface area contributed by atoms with Gasteiger partial charge in [0.25, 0.3) is 0 Å². The Bertz CT molecular complexity index is 769.